The molecule has 1 unspecified atom stereocenters. The molecular formula is C25H29N5O2S2. The van der Waals surface area contributed by atoms with E-state index < -0.39 is 0 Å². The molecule has 34 heavy (non-hydrogen) atoms. The summed E-state index contributed by atoms with van der Waals surface area (Å²) >= 11 is 3.04. The monoisotopic (exact) mass is 495 g/mol. The lowest BCUT2D eigenvalue weighted by Gasteiger charge is -2.28. The van der Waals surface area contributed by atoms with Crippen LogP contribution in [0.5, 0.6) is 0 Å². The third kappa shape index (κ3) is 5.97. The van der Waals surface area contributed by atoms with Gasteiger partial charge in [0.2, 0.25) is 5.91 Å². The van der Waals surface area contributed by atoms with Crippen LogP contribution in [0.15, 0.2) is 75.8 Å². The smallest absolute Gasteiger partial charge is 0.230 e. The number of furan rings is 1. The number of carbonyl (C=O) groups is 1. The predicted molar refractivity (Wildman–Crippen MR) is 137 cm³/mol. The molecule has 0 spiro atoms. The number of aromatic nitrogens is 3. The molecular weight excluding hydrogens is 466 g/mol. The van der Waals surface area contributed by atoms with E-state index in [2.05, 4.69) is 51.0 Å². The number of benzene rings is 1. The van der Waals surface area contributed by atoms with Gasteiger partial charge in [-0.15, -0.1) is 21.5 Å². The van der Waals surface area contributed by atoms with Crippen molar-refractivity contribution in [1.29, 1.82) is 0 Å². The number of carbonyl (C=O) groups excluding carboxylic acids is 1. The fourth-order valence-corrected chi connectivity index (χ4v) is 5.32. The molecule has 178 valence electrons. The van der Waals surface area contributed by atoms with Gasteiger partial charge < -0.3 is 9.73 Å². The average Bonchev–Trinajstić information content (AvgIpc) is 3.64. The Balaban J connectivity index is 1.43. The molecule has 0 fully saturated rings. The van der Waals surface area contributed by atoms with Crippen molar-refractivity contribution in [1.82, 2.24) is 25.0 Å². The van der Waals surface area contributed by atoms with Crippen LogP contribution < -0.4 is 5.32 Å². The summed E-state index contributed by atoms with van der Waals surface area (Å²) in [7, 11) is 0. The maximum absolute atomic E-state index is 12.8. The largest absolute Gasteiger partial charge is 0.468 e. The molecule has 0 aliphatic heterocycles. The van der Waals surface area contributed by atoms with E-state index in [0.29, 0.717) is 13.1 Å². The molecule has 0 saturated carbocycles. The third-order valence-electron chi connectivity index (χ3n) is 5.59. The Morgan fingerprint density at radius 1 is 1.12 bits per heavy atom. The van der Waals surface area contributed by atoms with Crippen LogP contribution in [-0.4, -0.2) is 51.0 Å². The number of hydrogen-bond donors (Lipinski definition) is 1. The molecule has 1 atom stereocenters. The molecule has 3 heterocycles. The van der Waals surface area contributed by atoms with Gasteiger partial charge in [0, 0.05) is 6.54 Å². The van der Waals surface area contributed by atoms with E-state index in [4.69, 9.17) is 4.42 Å². The van der Waals surface area contributed by atoms with Crippen molar-refractivity contribution < 1.29 is 9.21 Å². The molecule has 1 amide bonds. The highest BCUT2D eigenvalue weighted by molar-refractivity contribution is 7.99. The second-order valence-corrected chi connectivity index (χ2v) is 9.59. The van der Waals surface area contributed by atoms with Crippen LogP contribution in [0.3, 0.4) is 0 Å². The first-order valence-electron chi connectivity index (χ1n) is 11.4. The van der Waals surface area contributed by atoms with E-state index in [-0.39, 0.29) is 17.7 Å². The summed E-state index contributed by atoms with van der Waals surface area (Å²) in [6, 6.07) is 18.1. The number of nitrogens with one attached hydrogen (secondary N) is 1. The van der Waals surface area contributed by atoms with Gasteiger partial charge in [-0.3, -0.25) is 14.3 Å². The van der Waals surface area contributed by atoms with Crippen molar-refractivity contribution >= 4 is 29.0 Å². The summed E-state index contributed by atoms with van der Waals surface area (Å²) in [5.41, 5.74) is 1.16. The molecule has 0 bridgehead atoms. The van der Waals surface area contributed by atoms with Crippen LogP contribution in [0.1, 0.15) is 31.2 Å². The normalized spacial score (nSPS) is 12.2. The Morgan fingerprint density at radius 3 is 2.62 bits per heavy atom. The Hall–Kier alpha value is -2.88. The minimum atomic E-state index is -0.0411. The van der Waals surface area contributed by atoms with Gasteiger partial charge in [0.25, 0.3) is 0 Å². The second-order valence-electron chi connectivity index (χ2n) is 7.70. The maximum Gasteiger partial charge on any atom is 0.230 e. The molecule has 1 aromatic carbocycles. The first kappa shape index (κ1) is 24.3. The molecule has 0 saturated heterocycles. The highest BCUT2D eigenvalue weighted by Crippen LogP contribution is 2.28. The van der Waals surface area contributed by atoms with Crippen LogP contribution in [0.25, 0.3) is 10.7 Å². The van der Waals surface area contributed by atoms with Crippen molar-refractivity contribution in [2.75, 3.05) is 25.4 Å². The minimum Gasteiger partial charge on any atom is -0.468 e. The number of hydrogen-bond acceptors (Lipinski definition) is 7. The highest BCUT2D eigenvalue weighted by atomic mass is 32.2. The quantitative estimate of drug-likeness (QED) is 0.281. The molecule has 7 nitrogen and oxygen atoms in total. The van der Waals surface area contributed by atoms with Crippen molar-refractivity contribution in [3.05, 3.63) is 77.6 Å². The Morgan fingerprint density at radius 2 is 1.94 bits per heavy atom. The van der Waals surface area contributed by atoms with Crippen LogP contribution in [0, 0.1) is 0 Å². The van der Waals surface area contributed by atoms with E-state index in [9.17, 15) is 4.79 Å². The topological polar surface area (TPSA) is 76.2 Å². The van der Waals surface area contributed by atoms with E-state index in [1.165, 1.54) is 11.8 Å². The molecule has 4 aromatic rings. The molecule has 0 aliphatic rings. The minimum absolute atomic E-state index is 0.00566. The fourth-order valence-electron chi connectivity index (χ4n) is 3.84. The highest BCUT2D eigenvalue weighted by Gasteiger charge is 2.22. The van der Waals surface area contributed by atoms with E-state index in [1.807, 2.05) is 47.8 Å². The number of likely N-dealkylation sites (N-methyl/N-ethyl adjacent to an activating group) is 1. The van der Waals surface area contributed by atoms with Crippen molar-refractivity contribution in [2.45, 2.75) is 31.6 Å². The number of nitrogens with zero attached hydrogens (tertiary/aromatic N) is 4. The first-order valence-corrected chi connectivity index (χ1v) is 13.2. The molecule has 3 aromatic heterocycles. The zero-order chi connectivity index (χ0) is 23.8. The summed E-state index contributed by atoms with van der Waals surface area (Å²) in [4.78, 5) is 16.1. The number of thiophene rings is 1. The van der Waals surface area contributed by atoms with Crippen LogP contribution in [-0.2, 0) is 11.3 Å². The standard InChI is InChI=1S/C25H29N5O2S2/c1-3-29(4-2)20(21-12-8-14-32-21)16-26-23(31)18-34-25-28-27-24(22-13-9-15-33-22)30(25)17-19-10-6-5-7-11-19/h5-15,20H,3-4,16-18H2,1-2H3,(H,26,31). The number of amides is 1. The molecule has 1 N–H and O–H groups in total. The van der Waals surface area contributed by atoms with Gasteiger partial charge in [-0.2, -0.15) is 0 Å². The zero-order valence-corrected chi connectivity index (χ0v) is 21.0. The molecule has 0 aliphatic carbocycles. The number of thioether (sulfide) groups is 1. The fraction of sp³-hybridized carbons (Fsp3) is 0.320. The van der Waals surface area contributed by atoms with Crippen LogP contribution in [0.2, 0.25) is 0 Å². The number of rotatable bonds is 12. The van der Waals surface area contributed by atoms with E-state index in [1.54, 1.807) is 17.6 Å². The zero-order valence-electron chi connectivity index (χ0n) is 19.4. The Kier molecular flexibility index (Phi) is 8.56. The lowest BCUT2D eigenvalue weighted by Crippen LogP contribution is -2.38. The van der Waals surface area contributed by atoms with Gasteiger partial charge in [-0.25, -0.2) is 0 Å². The van der Waals surface area contributed by atoms with E-state index >= 15 is 0 Å². The van der Waals surface area contributed by atoms with Crippen molar-refractivity contribution in [3.8, 4) is 10.7 Å². The molecule has 4 rings (SSSR count). The first-order chi connectivity index (χ1) is 16.7. The molecule has 0 radical (unpaired) electrons. The molecule has 9 heteroatoms. The van der Waals surface area contributed by atoms with E-state index in [0.717, 1.165) is 40.3 Å². The summed E-state index contributed by atoms with van der Waals surface area (Å²) in [6.45, 7) is 7.12. The van der Waals surface area contributed by atoms with Gasteiger partial charge >= 0.3 is 0 Å². The van der Waals surface area contributed by atoms with Gasteiger partial charge in [0.1, 0.15) is 5.76 Å². The average molecular weight is 496 g/mol. The maximum atomic E-state index is 12.8. The lowest BCUT2D eigenvalue weighted by molar-refractivity contribution is -0.118. The van der Waals surface area contributed by atoms with Crippen molar-refractivity contribution in [2.24, 2.45) is 0 Å². The SMILES string of the molecule is CCN(CC)C(CNC(=O)CSc1nnc(-c2cccs2)n1Cc1ccccc1)c1ccco1. The summed E-state index contributed by atoms with van der Waals surface area (Å²) in [5.74, 6) is 1.90. The summed E-state index contributed by atoms with van der Waals surface area (Å²) in [5, 5.41) is 14.7. The third-order valence-corrected chi connectivity index (χ3v) is 7.42. The summed E-state index contributed by atoms with van der Waals surface area (Å²) in [6.07, 6.45) is 1.67. The van der Waals surface area contributed by atoms with Gasteiger partial charge in [0.05, 0.1) is 29.5 Å². The Bertz CT molecular complexity index is 1140. The van der Waals surface area contributed by atoms with Crippen molar-refractivity contribution in [3.63, 3.8) is 0 Å². The van der Waals surface area contributed by atoms with Crippen LogP contribution >= 0.6 is 23.1 Å². The van der Waals surface area contributed by atoms with Crippen LogP contribution in [0.4, 0.5) is 0 Å². The van der Waals surface area contributed by atoms with Gasteiger partial charge in [-0.05, 0) is 42.2 Å². The predicted octanol–water partition coefficient (Wildman–Crippen LogP) is 4.94. The second kappa shape index (κ2) is 12.0. The Labute approximate surface area is 208 Å². The van der Waals surface area contributed by atoms with Gasteiger partial charge in [0.15, 0.2) is 11.0 Å². The lowest BCUT2D eigenvalue weighted by atomic mass is 10.2. The summed E-state index contributed by atoms with van der Waals surface area (Å²) < 4.78 is 7.72. The van der Waals surface area contributed by atoms with Gasteiger partial charge in [-0.1, -0.05) is 62.0 Å².